The van der Waals surface area contributed by atoms with Crippen LogP contribution in [0.1, 0.15) is 24.0 Å². The second-order valence-corrected chi connectivity index (χ2v) is 9.23. The zero-order valence-electron chi connectivity index (χ0n) is 23.3. The van der Waals surface area contributed by atoms with E-state index in [2.05, 4.69) is 28.8 Å². The molecular formula is C30H41N7O4. The Morgan fingerprint density at radius 1 is 0.976 bits per heavy atom. The van der Waals surface area contributed by atoms with Crippen LogP contribution in [0.4, 0.5) is 0 Å². The van der Waals surface area contributed by atoms with E-state index in [4.69, 9.17) is 21.9 Å². The minimum atomic E-state index is -1.13. The molecule has 11 nitrogen and oxygen atoms in total. The highest BCUT2D eigenvalue weighted by Crippen LogP contribution is 2.15. The summed E-state index contributed by atoms with van der Waals surface area (Å²) in [5.41, 5.74) is 19.0. The SMILES string of the molecule is C=C/C=N\C(=C)Oc1ccc(CNC(=O)C(CCc2ccccc2)NC(=O)C(N)CC(=O)N(CCN)CCN)cc1. The molecule has 0 saturated carbocycles. The van der Waals surface area contributed by atoms with Gasteiger partial charge >= 0.3 is 0 Å². The van der Waals surface area contributed by atoms with Crippen LogP contribution >= 0.6 is 0 Å². The summed E-state index contributed by atoms with van der Waals surface area (Å²) in [6.07, 6.45) is 3.66. The largest absolute Gasteiger partial charge is 0.440 e. The van der Waals surface area contributed by atoms with Gasteiger partial charge < -0.3 is 37.5 Å². The summed E-state index contributed by atoms with van der Waals surface area (Å²) >= 11 is 0. The molecule has 0 aromatic heterocycles. The quantitative estimate of drug-likeness (QED) is 0.133. The Morgan fingerprint density at radius 2 is 1.63 bits per heavy atom. The maximum Gasteiger partial charge on any atom is 0.242 e. The van der Waals surface area contributed by atoms with E-state index in [1.54, 1.807) is 24.3 Å². The Balaban J connectivity index is 2.02. The standard InChI is InChI=1S/C30H41N7O4/c1-3-17-34-22(2)41-25-12-9-24(10-13-25)21-35-30(40)27(14-11-23-7-5-4-6-8-23)36-29(39)26(33)20-28(38)37(18-15-31)19-16-32/h3-10,12-13,17,26-27H,1-2,11,14-16,18-21,31-33H2,(H,35,40)(H,36,39)/b34-17-. The molecule has 0 aliphatic rings. The van der Waals surface area contributed by atoms with Gasteiger partial charge in [0.1, 0.15) is 11.8 Å². The predicted octanol–water partition coefficient (Wildman–Crippen LogP) is 0.991. The molecule has 0 radical (unpaired) electrons. The van der Waals surface area contributed by atoms with E-state index in [9.17, 15) is 14.4 Å². The van der Waals surface area contributed by atoms with Crippen LogP contribution in [0, 0.1) is 0 Å². The fraction of sp³-hybridized carbons (Fsp3) is 0.333. The first kappa shape index (κ1) is 32.9. The van der Waals surface area contributed by atoms with Gasteiger partial charge in [-0.3, -0.25) is 14.4 Å². The zero-order valence-corrected chi connectivity index (χ0v) is 23.3. The molecule has 0 saturated heterocycles. The minimum absolute atomic E-state index is 0.217. The van der Waals surface area contributed by atoms with Gasteiger partial charge in [-0.15, -0.1) is 0 Å². The van der Waals surface area contributed by atoms with Crippen LogP contribution < -0.4 is 32.6 Å². The number of nitrogens with one attached hydrogen (secondary N) is 2. The molecule has 2 atom stereocenters. The zero-order chi connectivity index (χ0) is 30.0. The van der Waals surface area contributed by atoms with Crippen molar-refractivity contribution in [2.45, 2.75) is 37.9 Å². The molecule has 0 heterocycles. The van der Waals surface area contributed by atoms with Crippen molar-refractivity contribution in [3.63, 3.8) is 0 Å². The van der Waals surface area contributed by atoms with Gasteiger partial charge in [-0.05, 0) is 42.7 Å². The number of carbonyl (C=O) groups excluding carboxylic acids is 3. The van der Waals surface area contributed by atoms with E-state index in [1.807, 2.05) is 30.3 Å². The van der Waals surface area contributed by atoms with Crippen molar-refractivity contribution in [1.82, 2.24) is 15.5 Å². The molecule has 0 fully saturated rings. The summed E-state index contributed by atoms with van der Waals surface area (Å²) in [6.45, 7) is 8.65. The molecule has 0 aliphatic carbocycles. The molecule has 2 aromatic rings. The Hall–Kier alpha value is -4.32. The van der Waals surface area contributed by atoms with Crippen LogP contribution in [0.15, 0.2) is 84.7 Å². The molecule has 8 N–H and O–H groups in total. The monoisotopic (exact) mass is 563 g/mol. The van der Waals surface area contributed by atoms with Crippen molar-refractivity contribution in [2.24, 2.45) is 22.2 Å². The number of hydrogen-bond donors (Lipinski definition) is 5. The van der Waals surface area contributed by atoms with E-state index in [-0.39, 0.29) is 43.8 Å². The third kappa shape index (κ3) is 12.2. The van der Waals surface area contributed by atoms with Crippen LogP contribution in [-0.2, 0) is 27.3 Å². The molecule has 2 aromatic carbocycles. The van der Waals surface area contributed by atoms with Crippen molar-refractivity contribution in [3.05, 3.63) is 90.8 Å². The van der Waals surface area contributed by atoms with Gasteiger partial charge in [-0.2, -0.15) is 0 Å². The van der Waals surface area contributed by atoms with E-state index in [1.165, 1.54) is 17.2 Å². The Kier molecular flexibility index (Phi) is 14.5. The van der Waals surface area contributed by atoms with E-state index in [0.29, 0.717) is 31.7 Å². The Labute approximate surface area is 241 Å². The molecule has 41 heavy (non-hydrogen) atoms. The molecule has 0 aliphatic heterocycles. The molecule has 11 heteroatoms. The van der Waals surface area contributed by atoms with Crippen molar-refractivity contribution in [1.29, 1.82) is 0 Å². The highest BCUT2D eigenvalue weighted by molar-refractivity contribution is 5.92. The lowest BCUT2D eigenvalue weighted by atomic mass is 10.0. The number of ether oxygens (including phenoxy) is 1. The average molecular weight is 564 g/mol. The number of aliphatic imine (C=N–C) groups is 1. The van der Waals surface area contributed by atoms with Crippen LogP contribution in [0.3, 0.4) is 0 Å². The van der Waals surface area contributed by atoms with Crippen LogP contribution in [0.2, 0.25) is 0 Å². The van der Waals surface area contributed by atoms with Crippen molar-refractivity contribution >= 4 is 23.9 Å². The number of nitrogens with two attached hydrogens (primary N) is 3. The van der Waals surface area contributed by atoms with Gasteiger partial charge in [0.05, 0.1) is 12.5 Å². The molecule has 3 amide bonds. The molecule has 0 spiro atoms. The van der Waals surface area contributed by atoms with Crippen molar-refractivity contribution < 1.29 is 19.1 Å². The van der Waals surface area contributed by atoms with Crippen molar-refractivity contribution in [3.8, 4) is 5.75 Å². The maximum atomic E-state index is 13.2. The Morgan fingerprint density at radius 3 is 2.24 bits per heavy atom. The molecule has 2 unspecified atom stereocenters. The average Bonchev–Trinajstić information content (AvgIpc) is 2.97. The molecule has 2 rings (SSSR count). The summed E-state index contributed by atoms with van der Waals surface area (Å²) in [5, 5.41) is 5.60. The summed E-state index contributed by atoms with van der Waals surface area (Å²) in [5.74, 6) is -0.521. The number of hydrogen-bond acceptors (Lipinski definition) is 8. The predicted molar refractivity (Wildman–Crippen MR) is 161 cm³/mol. The van der Waals surface area contributed by atoms with Gasteiger partial charge in [0.2, 0.25) is 23.6 Å². The summed E-state index contributed by atoms with van der Waals surface area (Å²) in [6, 6.07) is 14.7. The fourth-order valence-electron chi connectivity index (χ4n) is 3.87. The number of allylic oxidation sites excluding steroid dienone is 1. The lowest BCUT2D eigenvalue weighted by Gasteiger charge is -2.24. The van der Waals surface area contributed by atoms with Crippen LogP contribution in [0.25, 0.3) is 0 Å². The number of amides is 3. The normalized spacial score (nSPS) is 12.3. The lowest BCUT2D eigenvalue weighted by Crippen LogP contribution is -2.53. The van der Waals surface area contributed by atoms with Crippen LogP contribution in [-0.4, -0.2) is 67.1 Å². The molecule has 0 bridgehead atoms. The van der Waals surface area contributed by atoms with E-state index >= 15 is 0 Å². The Bertz CT molecular complexity index is 1160. The third-order valence-corrected chi connectivity index (χ3v) is 6.03. The van der Waals surface area contributed by atoms with Crippen LogP contribution in [0.5, 0.6) is 5.75 Å². The number of nitrogens with zero attached hydrogens (tertiary/aromatic N) is 2. The molecular weight excluding hydrogens is 522 g/mol. The van der Waals surface area contributed by atoms with Gasteiger partial charge in [0, 0.05) is 38.9 Å². The third-order valence-electron chi connectivity index (χ3n) is 6.03. The summed E-state index contributed by atoms with van der Waals surface area (Å²) in [7, 11) is 0. The van der Waals surface area contributed by atoms with E-state index < -0.39 is 18.0 Å². The maximum absolute atomic E-state index is 13.2. The molecule has 220 valence electrons. The van der Waals surface area contributed by atoms with E-state index in [0.717, 1.165) is 11.1 Å². The van der Waals surface area contributed by atoms with Gasteiger partial charge in [0.25, 0.3) is 0 Å². The number of aryl methyl sites for hydroxylation is 1. The summed E-state index contributed by atoms with van der Waals surface area (Å²) < 4.78 is 5.52. The number of carbonyl (C=O) groups is 3. The first-order valence-corrected chi connectivity index (χ1v) is 13.4. The minimum Gasteiger partial charge on any atom is -0.440 e. The first-order chi connectivity index (χ1) is 19.8. The summed E-state index contributed by atoms with van der Waals surface area (Å²) in [4.78, 5) is 44.2. The highest BCUT2D eigenvalue weighted by Gasteiger charge is 2.26. The van der Waals surface area contributed by atoms with Gasteiger partial charge in [-0.25, -0.2) is 4.99 Å². The second kappa shape index (κ2) is 18.1. The van der Waals surface area contributed by atoms with Crippen molar-refractivity contribution in [2.75, 3.05) is 26.2 Å². The fourth-order valence-corrected chi connectivity index (χ4v) is 3.87. The number of benzene rings is 2. The second-order valence-electron chi connectivity index (χ2n) is 9.23. The topological polar surface area (TPSA) is 178 Å². The van der Waals surface area contributed by atoms with Gasteiger partial charge in [-0.1, -0.05) is 55.1 Å². The lowest BCUT2D eigenvalue weighted by molar-refractivity contribution is -0.135. The first-order valence-electron chi connectivity index (χ1n) is 13.4. The highest BCUT2D eigenvalue weighted by atomic mass is 16.5. The van der Waals surface area contributed by atoms with Gasteiger partial charge in [0.15, 0.2) is 0 Å². The smallest absolute Gasteiger partial charge is 0.242 e. The number of rotatable bonds is 18.